The lowest BCUT2D eigenvalue weighted by molar-refractivity contribution is -0.122. The SMILES string of the molecule is O=C1/C(=C\c2ccc(-c3ccc(N[SH](=O)=O)cc3)o2)SC(=S)N1Cc1ccco1. The van der Waals surface area contributed by atoms with Gasteiger partial charge < -0.3 is 8.83 Å². The molecule has 0 aliphatic carbocycles. The predicted molar refractivity (Wildman–Crippen MR) is 116 cm³/mol. The van der Waals surface area contributed by atoms with Crippen LogP contribution in [-0.2, 0) is 22.2 Å². The first-order valence-corrected chi connectivity index (χ1v) is 10.8. The van der Waals surface area contributed by atoms with E-state index in [1.54, 1.807) is 60.9 Å². The molecule has 1 fully saturated rings. The minimum Gasteiger partial charge on any atom is -0.467 e. The monoisotopic (exact) mass is 446 g/mol. The van der Waals surface area contributed by atoms with Crippen LogP contribution in [0.5, 0.6) is 0 Å². The fraction of sp³-hybridized carbons (Fsp3) is 0.0526. The Hall–Kier alpha value is -2.82. The van der Waals surface area contributed by atoms with Gasteiger partial charge in [0.2, 0.25) is 10.9 Å². The molecule has 7 nitrogen and oxygen atoms in total. The van der Waals surface area contributed by atoms with E-state index in [-0.39, 0.29) is 12.5 Å². The molecule has 148 valence electrons. The van der Waals surface area contributed by atoms with Gasteiger partial charge in [0.25, 0.3) is 5.91 Å². The Bertz CT molecular complexity index is 1150. The van der Waals surface area contributed by atoms with Crippen LogP contribution in [0.1, 0.15) is 11.5 Å². The van der Waals surface area contributed by atoms with Crippen molar-refractivity contribution >= 4 is 56.9 Å². The van der Waals surface area contributed by atoms with Crippen molar-refractivity contribution < 1.29 is 22.0 Å². The Morgan fingerprint density at radius 3 is 2.62 bits per heavy atom. The average Bonchev–Trinajstić information content (AvgIpc) is 3.41. The van der Waals surface area contributed by atoms with Gasteiger partial charge in [-0.2, -0.15) is 0 Å². The molecule has 1 aliphatic heterocycles. The third-order valence-corrected chi connectivity index (χ3v) is 5.88. The maximum Gasteiger partial charge on any atom is 0.266 e. The molecule has 3 aromatic rings. The number of carbonyl (C=O) groups excluding carboxylic acids is 1. The zero-order valence-corrected chi connectivity index (χ0v) is 17.3. The number of benzene rings is 1. The molecule has 0 bridgehead atoms. The van der Waals surface area contributed by atoms with E-state index in [1.165, 1.54) is 16.7 Å². The molecule has 1 N–H and O–H groups in total. The van der Waals surface area contributed by atoms with E-state index in [9.17, 15) is 13.2 Å². The molecule has 4 rings (SSSR count). The van der Waals surface area contributed by atoms with Crippen LogP contribution in [-0.4, -0.2) is 23.5 Å². The zero-order chi connectivity index (χ0) is 20.4. The van der Waals surface area contributed by atoms with Crippen LogP contribution < -0.4 is 4.72 Å². The average molecular weight is 447 g/mol. The number of anilines is 1. The van der Waals surface area contributed by atoms with E-state index < -0.39 is 10.9 Å². The fourth-order valence-electron chi connectivity index (χ4n) is 2.72. The van der Waals surface area contributed by atoms with Crippen molar-refractivity contribution in [1.29, 1.82) is 0 Å². The van der Waals surface area contributed by atoms with Crippen LogP contribution in [0.15, 0.2) is 68.5 Å². The predicted octanol–water partition coefficient (Wildman–Crippen LogP) is 3.88. The van der Waals surface area contributed by atoms with E-state index in [1.807, 2.05) is 0 Å². The number of thiol groups is 1. The number of thiocarbonyl (C=S) groups is 1. The molecule has 0 radical (unpaired) electrons. The van der Waals surface area contributed by atoms with Gasteiger partial charge in [0.15, 0.2) is 0 Å². The molecule has 0 spiro atoms. The van der Waals surface area contributed by atoms with Gasteiger partial charge in [-0.25, -0.2) is 8.42 Å². The largest absolute Gasteiger partial charge is 0.467 e. The van der Waals surface area contributed by atoms with Gasteiger partial charge in [-0.1, -0.05) is 24.0 Å². The lowest BCUT2D eigenvalue weighted by Crippen LogP contribution is -2.27. The molecule has 3 heterocycles. The lowest BCUT2D eigenvalue weighted by Gasteiger charge is -2.11. The summed E-state index contributed by atoms with van der Waals surface area (Å²) >= 11 is 6.53. The summed E-state index contributed by atoms with van der Waals surface area (Å²) in [6.07, 6.45) is 3.21. The van der Waals surface area contributed by atoms with Crippen molar-refractivity contribution in [2.24, 2.45) is 0 Å². The van der Waals surface area contributed by atoms with Crippen LogP contribution in [0, 0.1) is 0 Å². The van der Waals surface area contributed by atoms with Gasteiger partial charge in [0.1, 0.15) is 21.6 Å². The normalized spacial score (nSPS) is 15.6. The summed E-state index contributed by atoms with van der Waals surface area (Å²) < 4.78 is 35.3. The fourth-order valence-corrected chi connectivity index (χ4v) is 4.32. The first kappa shape index (κ1) is 19.5. The summed E-state index contributed by atoms with van der Waals surface area (Å²) in [5.41, 5.74) is 1.25. The molecule has 1 aromatic carbocycles. The van der Waals surface area contributed by atoms with Crippen LogP contribution in [0.3, 0.4) is 0 Å². The van der Waals surface area contributed by atoms with E-state index in [0.29, 0.717) is 32.2 Å². The number of furan rings is 2. The second-order valence-corrected chi connectivity index (χ2v) is 8.41. The maximum absolute atomic E-state index is 12.7. The second kappa shape index (κ2) is 8.27. The number of nitrogens with zero attached hydrogens (tertiary/aromatic N) is 1. The highest BCUT2D eigenvalue weighted by Crippen LogP contribution is 2.34. The van der Waals surface area contributed by atoms with Crippen LogP contribution >= 0.6 is 24.0 Å². The molecule has 10 heteroatoms. The number of hydrogen-bond donors (Lipinski definition) is 2. The molecule has 0 saturated carbocycles. The Morgan fingerprint density at radius 1 is 1.14 bits per heavy atom. The maximum atomic E-state index is 12.7. The molecular weight excluding hydrogens is 432 g/mol. The molecule has 2 aromatic heterocycles. The highest BCUT2D eigenvalue weighted by atomic mass is 32.2. The van der Waals surface area contributed by atoms with Crippen LogP contribution in [0.25, 0.3) is 17.4 Å². The smallest absolute Gasteiger partial charge is 0.266 e. The minimum absolute atomic E-state index is 0.198. The van der Waals surface area contributed by atoms with E-state index >= 15 is 0 Å². The Balaban J connectivity index is 1.50. The van der Waals surface area contributed by atoms with Crippen molar-refractivity contribution in [3.63, 3.8) is 0 Å². The van der Waals surface area contributed by atoms with Gasteiger partial charge >= 0.3 is 0 Å². The van der Waals surface area contributed by atoms with Gasteiger partial charge in [-0.15, -0.1) is 0 Å². The first-order chi connectivity index (χ1) is 14.0. The standard InChI is InChI=1S/C19H14N2O5S3/c22-18-17(28-19(27)21(18)11-15-2-1-9-25-15)10-14-7-8-16(26-14)12-3-5-13(6-4-12)20-29(23)24/h1-10,29H,11H2,(H,20,23,24)/b17-10+. The number of amides is 1. The number of rotatable bonds is 6. The van der Waals surface area contributed by atoms with Crippen LogP contribution in [0.4, 0.5) is 5.69 Å². The van der Waals surface area contributed by atoms with Gasteiger partial charge in [0.05, 0.1) is 17.7 Å². The molecular formula is C19H14N2O5S3. The van der Waals surface area contributed by atoms with Crippen LogP contribution in [0.2, 0.25) is 0 Å². The summed E-state index contributed by atoms with van der Waals surface area (Å²) in [5, 5.41) is 0. The summed E-state index contributed by atoms with van der Waals surface area (Å²) in [7, 11) is -2.71. The van der Waals surface area contributed by atoms with Crippen molar-refractivity contribution in [2.45, 2.75) is 6.54 Å². The number of thioether (sulfide) groups is 1. The van der Waals surface area contributed by atoms with Gasteiger partial charge in [-0.3, -0.25) is 14.4 Å². The topological polar surface area (TPSA) is 92.8 Å². The summed E-state index contributed by atoms with van der Waals surface area (Å²) in [6.45, 7) is 0.285. The second-order valence-electron chi connectivity index (χ2n) is 6.00. The van der Waals surface area contributed by atoms with Crippen molar-refractivity contribution in [1.82, 2.24) is 4.90 Å². The third-order valence-electron chi connectivity index (χ3n) is 4.06. The lowest BCUT2D eigenvalue weighted by atomic mass is 10.1. The van der Waals surface area contributed by atoms with Crippen molar-refractivity contribution in [2.75, 3.05) is 4.72 Å². The number of carbonyl (C=O) groups is 1. The van der Waals surface area contributed by atoms with E-state index in [0.717, 1.165) is 5.56 Å². The number of hydrogen-bond acceptors (Lipinski definition) is 7. The zero-order valence-electron chi connectivity index (χ0n) is 14.7. The van der Waals surface area contributed by atoms with Gasteiger partial charge in [-0.05, 0) is 48.5 Å². The van der Waals surface area contributed by atoms with Crippen molar-refractivity contribution in [3.8, 4) is 11.3 Å². The molecule has 0 unspecified atom stereocenters. The highest BCUT2D eigenvalue weighted by Gasteiger charge is 2.32. The molecule has 1 aliphatic rings. The molecule has 1 amide bonds. The Labute approximate surface area is 177 Å². The highest BCUT2D eigenvalue weighted by molar-refractivity contribution is 8.26. The van der Waals surface area contributed by atoms with E-state index in [4.69, 9.17) is 21.1 Å². The first-order valence-electron chi connectivity index (χ1n) is 8.39. The third kappa shape index (κ3) is 4.44. The minimum atomic E-state index is -2.71. The summed E-state index contributed by atoms with van der Waals surface area (Å²) in [5.74, 6) is 1.57. The summed E-state index contributed by atoms with van der Waals surface area (Å²) in [6, 6.07) is 13.9. The Kier molecular flexibility index (Phi) is 5.56. The number of nitrogens with one attached hydrogen (secondary N) is 1. The molecule has 0 atom stereocenters. The molecule has 1 saturated heterocycles. The van der Waals surface area contributed by atoms with Crippen molar-refractivity contribution in [3.05, 3.63) is 71.2 Å². The van der Waals surface area contributed by atoms with Gasteiger partial charge in [0, 0.05) is 17.3 Å². The Morgan fingerprint density at radius 2 is 1.93 bits per heavy atom. The summed E-state index contributed by atoms with van der Waals surface area (Å²) in [4.78, 5) is 14.6. The quantitative estimate of drug-likeness (QED) is 0.337. The van der Waals surface area contributed by atoms with E-state index in [2.05, 4.69) is 4.72 Å². The molecule has 29 heavy (non-hydrogen) atoms.